The molecule has 0 bridgehead atoms. The van der Waals surface area contributed by atoms with Crippen molar-refractivity contribution in [1.29, 1.82) is 0 Å². The van der Waals surface area contributed by atoms with E-state index in [0.29, 0.717) is 12.5 Å². The van der Waals surface area contributed by atoms with Crippen LogP contribution in [0, 0.1) is 13.8 Å². The van der Waals surface area contributed by atoms with Crippen LogP contribution in [0.25, 0.3) is 0 Å². The summed E-state index contributed by atoms with van der Waals surface area (Å²) in [5.74, 6) is 2.09. The molecule has 120 valence electrons. The Kier molecular flexibility index (Phi) is 4.59. The zero-order chi connectivity index (χ0) is 15.7. The molecule has 0 aliphatic heterocycles. The highest BCUT2D eigenvalue weighted by Crippen LogP contribution is 2.33. The van der Waals surface area contributed by atoms with E-state index in [1.807, 2.05) is 0 Å². The van der Waals surface area contributed by atoms with Gasteiger partial charge in [0.1, 0.15) is 0 Å². The van der Waals surface area contributed by atoms with E-state index in [2.05, 4.69) is 47.8 Å². The number of nitrogens with zero attached hydrogens (tertiary/aromatic N) is 4. The van der Waals surface area contributed by atoms with E-state index < -0.39 is 0 Å². The molecule has 0 N–H and O–H groups in total. The first-order chi connectivity index (χ1) is 10.5. The van der Waals surface area contributed by atoms with Crippen LogP contribution in [0.5, 0.6) is 0 Å². The molecule has 5 nitrogen and oxygen atoms in total. The molecule has 2 aromatic heterocycles. The van der Waals surface area contributed by atoms with E-state index in [4.69, 9.17) is 4.52 Å². The lowest BCUT2D eigenvalue weighted by Crippen LogP contribution is -2.23. The van der Waals surface area contributed by atoms with Crippen molar-refractivity contribution >= 4 is 11.3 Å². The molecule has 0 saturated heterocycles. The normalized spacial score (nSPS) is 17.5. The molecular weight excluding hydrogens is 296 g/mol. The maximum atomic E-state index is 5.46. The molecule has 2 aromatic rings. The highest BCUT2D eigenvalue weighted by Gasteiger charge is 2.24. The molecule has 1 unspecified atom stereocenters. The van der Waals surface area contributed by atoms with Gasteiger partial charge in [0, 0.05) is 10.8 Å². The van der Waals surface area contributed by atoms with Gasteiger partial charge in [-0.2, -0.15) is 4.98 Å². The maximum absolute atomic E-state index is 5.46. The molecule has 1 atom stereocenters. The maximum Gasteiger partial charge on any atom is 0.229 e. The number of rotatable bonds is 5. The lowest BCUT2D eigenvalue weighted by atomic mass is 10.1. The highest BCUT2D eigenvalue weighted by molar-refractivity contribution is 7.11. The number of hydrogen-bond acceptors (Lipinski definition) is 6. The minimum atomic E-state index is 0.249. The molecule has 0 radical (unpaired) electrons. The second kappa shape index (κ2) is 6.46. The Labute approximate surface area is 135 Å². The molecule has 1 fully saturated rings. The van der Waals surface area contributed by atoms with Gasteiger partial charge in [-0.15, -0.1) is 11.3 Å². The molecule has 0 amide bonds. The van der Waals surface area contributed by atoms with Gasteiger partial charge in [-0.05, 0) is 40.7 Å². The Balaban J connectivity index is 1.66. The average Bonchev–Trinajstić information content (AvgIpc) is 3.18. The van der Waals surface area contributed by atoms with Gasteiger partial charge in [0.05, 0.1) is 23.3 Å². The van der Waals surface area contributed by atoms with Gasteiger partial charge >= 0.3 is 0 Å². The summed E-state index contributed by atoms with van der Waals surface area (Å²) in [4.78, 5) is 12.8. The van der Waals surface area contributed by atoms with Gasteiger partial charge in [-0.25, -0.2) is 4.98 Å². The molecule has 1 aliphatic carbocycles. The molecule has 2 heterocycles. The van der Waals surface area contributed by atoms with Crippen LogP contribution < -0.4 is 0 Å². The Morgan fingerprint density at radius 2 is 2.00 bits per heavy atom. The van der Waals surface area contributed by atoms with Crippen molar-refractivity contribution in [2.75, 3.05) is 7.05 Å². The van der Waals surface area contributed by atoms with Crippen LogP contribution in [0.3, 0.4) is 0 Å². The van der Waals surface area contributed by atoms with Crippen molar-refractivity contribution in [2.45, 2.75) is 65.0 Å². The van der Waals surface area contributed by atoms with Gasteiger partial charge in [-0.1, -0.05) is 18.0 Å². The molecule has 0 aromatic carbocycles. The molecule has 6 heteroatoms. The van der Waals surface area contributed by atoms with Crippen molar-refractivity contribution in [3.05, 3.63) is 27.3 Å². The van der Waals surface area contributed by atoms with Gasteiger partial charge < -0.3 is 4.52 Å². The van der Waals surface area contributed by atoms with Gasteiger partial charge in [0.2, 0.25) is 5.89 Å². The van der Waals surface area contributed by atoms with Gasteiger partial charge in [-0.3, -0.25) is 4.90 Å². The van der Waals surface area contributed by atoms with Crippen molar-refractivity contribution in [2.24, 2.45) is 0 Å². The van der Waals surface area contributed by atoms with Crippen molar-refractivity contribution < 1.29 is 4.52 Å². The van der Waals surface area contributed by atoms with Gasteiger partial charge in [0.25, 0.3) is 0 Å². The third-order valence-electron chi connectivity index (χ3n) is 4.58. The molecule has 0 spiro atoms. The molecule has 1 saturated carbocycles. The second-order valence-electron chi connectivity index (χ2n) is 6.30. The fourth-order valence-electron chi connectivity index (χ4n) is 3.17. The van der Waals surface area contributed by atoms with Crippen LogP contribution >= 0.6 is 11.3 Å². The van der Waals surface area contributed by atoms with Crippen LogP contribution in [0.15, 0.2) is 4.52 Å². The number of thiazole rings is 1. The lowest BCUT2D eigenvalue weighted by Gasteiger charge is -2.22. The minimum Gasteiger partial charge on any atom is -0.339 e. The fraction of sp³-hybridized carbons (Fsp3) is 0.688. The van der Waals surface area contributed by atoms with Crippen LogP contribution in [0.4, 0.5) is 0 Å². The quantitative estimate of drug-likeness (QED) is 0.833. The van der Waals surface area contributed by atoms with E-state index in [1.165, 1.54) is 30.6 Å². The topological polar surface area (TPSA) is 55.1 Å². The summed E-state index contributed by atoms with van der Waals surface area (Å²) in [6.07, 6.45) is 4.93. The Hall–Kier alpha value is -1.27. The molecular formula is C16H24N4OS. The zero-order valence-corrected chi connectivity index (χ0v) is 14.6. The molecule has 22 heavy (non-hydrogen) atoms. The van der Waals surface area contributed by atoms with Crippen LogP contribution in [0.2, 0.25) is 0 Å². The van der Waals surface area contributed by atoms with Crippen molar-refractivity contribution in [3.63, 3.8) is 0 Å². The van der Waals surface area contributed by atoms with E-state index in [-0.39, 0.29) is 6.04 Å². The SMILES string of the molecule is Cc1nc(C(C)N(C)Cc2noc(C3CCCC3)n2)c(C)s1. The number of aryl methyl sites for hydroxylation is 2. The first-order valence-corrected chi connectivity index (χ1v) is 8.83. The highest BCUT2D eigenvalue weighted by atomic mass is 32.1. The van der Waals surface area contributed by atoms with Gasteiger partial charge in [0.15, 0.2) is 5.82 Å². The van der Waals surface area contributed by atoms with Crippen LogP contribution in [-0.4, -0.2) is 27.1 Å². The summed E-state index contributed by atoms with van der Waals surface area (Å²) in [5, 5.41) is 5.28. The number of hydrogen-bond donors (Lipinski definition) is 0. The third-order valence-corrected chi connectivity index (χ3v) is 5.48. The standard InChI is InChI=1S/C16H24N4OS/c1-10(15-11(2)22-12(3)17-15)20(4)9-14-18-16(21-19-14)13-7-5-6-8-13/h10,13H,5-9H2,1-4H3. The van der Waals surface area contributed by atoms with Crippen molar-refractivity contribution in [3.8, 4) is 0 Å². The first-order valence-electron chi connectivity index (χ1n) is 8.01. The fourth-order valence-corrected chi connectivity index (χ4v) is 4.08. The first kappa shape index (κ1) is 15.6. The predicted molar refractivity (Wildman–Crippen MR) is 87.0 cm³/mol. The Bertz CT molecular complexity index is 630. The summed E-state index contributed by atoms with van der Waals surface area (Å²) in [7, 11) is 2.09. The summed E-state index contributed by atoms with van der Waals surface area (Å²) in [5.41, 5.74) is 1.16. The second-order valence-corrected chi connectivity index (χ2v) is 7.70. The van der Waals surface area contributed by atoms with E-state index in [9.17, 15) is 0 Å². The Morgan fingerprint density at radius 3 is 2.64 bits per heavy atom. The summed E-state index contributed by atoms with van der Waals surface area (Å²) >= 11 is 1.75. The van der Waals surface area contributed by atoms with Crippen LogP contribution in [-0.2, 0) is 6.54 Å². The van der Waals surface area contributed by atoms with Crippen LogP contribution in [0.1, 0.15) is 71.9 Å². The summed E-state index contributed by atoms with van der Waals surface area (Å²) in [6.45, 7) is 7.06. The zero-order valence-electron chi connectivity index (χ0n) is 13.8. The largest absolute Gasteiger partial charge is 0.339 e. The van der Waals surface area contributed by atoms with E-state index in [0.717, 1.165) is 22.4 Å². The third kappa shape index (κ3) is 3.22. The smallest absolute Gasteiger partial charge is 0.229 e. The average molecular weight is 320 g/mol. The lowest BCUT2D eigenvalue weighted by molar-refractivity contribution is 0.238. The molecule has 3 rings (SSSR count). The van der Waals surface area contributed by atoms with Crippen molar-refractivity contribution in [1.82, 2.24) is 20.0 Å². The minimum absolute atomic E-state index is 0.249. The summed E-state index contributed by atoms with van der Waals surface area (Å²) in [6, 6.07) is 0.249. The van der Waals surface area contributed by atoms with E-state index in [1.54, 1.807) is 11.3 Å². The molecule has 1 aliphatic rings. The predicted octanol–water partition coefficient (Wildman–Crippen LogP) is 3.99. The summed E-state index contributed by atoms with van der Waals surface area (Å²) < 4.78 is 5.46. The van der Waals surface area contributed by atoms with E-state index >= 15 is 0 Å². The monoisotopic (exact) mass is 320 g/mol. The Morgan fingerprint density at radius 1 is 1.27 bits per heavy atom. The number of aromatic nitrogens is 3.